The number of nitro benzene ring substituents is 1. The van der Waals surface area contributed by atoms with Crippen molar-refractivity contribution in [3.05, 3.63) is 63.2 Å². The van der Waals surface area contributed by atoms with E-state index in [1.165, 1.54) is 25.1 Å². The lowest BCUT2D eigenvalue weighted by atomic mass is 10.1. The predicted molar refractivity (Wildman–Crippen MR) is 124 cm³/mol. The number of rotatable bonds is 11. The van der Waals surface area contributed by atoms with E-state index in [9.17, 15) is 23.3 Å². The Morgan fingerprint density at radius 2 is 1.91 bits per heavy atom. The fraction of sp³-hybridized carbons (Fsp3) is 0.409. The molecule has 0 unspecified atom stereocenters. The second-order valence-corrected chi connectivity index (χ2v) is 9.49. The molecule has 2 aromatic rings. The summed E-state index contributed by atoms with van der Waals surface area (Å²) in [4.78, 5) is 22.7. The van der Waals surface area contributed by atoms with Gasteiger partial charge in [0, 0.05) is 19.0 Å². The topological polar surface area (TPSA) is 119 Å². The van der Waals surface area contributed by atoms with Gasteiger partial charge in [-0.25, -0.2) is 8.42 Å². The van der Waals surface area contributed by atoms with Crippen molar-refractivity contribution < 1.29 is 22.9 Å². The molecule has 0 fully saturated rings. The average Bonchev–Trinajstić information content (AvgIpc) is 2.69. The Balaban J connectivity index is 1.87. The maximum atomic E-state index is 12.3. The Labute approximate surface area is 188 Å². The van der Waals surface area contributed by atoms with E-state index < -0.39 is 14.9 Å². The van der Waals surface area contributed by atoms with Crippen LogP contribution in [0.2, 0.25) is 0 Å². The summed E-state index contributed by atoms with van der Waals surface area (Å²) in [7, 11) is -3.68. The molecule has 10 heteroatoms. The van der Waals surface area contributed by atoms with E-state index >= 15 is 0 Å². The second-order valence-electron chi connectivity index (χ2n) is 7.58. The molecule has 1 amide bonds. The molecule has 0 saturated carbocycles. The molecule has 0 heterocycles. The number of anilines is 1. The molecule has 0 bridgehead atoms. The van der Waals surface area contributed by atoms with Crippen LogP contribution in [0.5, 0.6) is 5.75 Å². The van der Waals surface area contributed by atoms with E-state index in [1.807, 2.05) is 32.0 Å². The highest BCUT2D eigenvalue weighted by Gasteiger charge is 2.23. The van der Waals surface area contributed by atoms with Gasteiger partial charge in [0.25, 0.3) is 5.69 Å². The van der Waals surface area contributed by atoms with Crippen molar-refractivity contribution in [1.82, 2.24) is 5.32 Å². The van der Waals surface area contributed by atoms with E-state index in [-0.39, 0.29) is 42.2 Å². The summed E-state index contributed by atoms with van der Waals surface area (Å²) in [5.41, 5.74) is 2.51. The van der Waals surface area contributed by atoms with Gasteiger partial charge in [-0.2, -0.15) is 0 Å². The lowest BCUT2D eigenvalue weighted by molar-refractivity contribution is -0.385. The number of hydrogen-bond donors (Lipinski definition) is 1. The van der Waals surface area contributed by atoms with Crippen LogP contribution < -0.4 is 14.4 Å². The standard InChI is InChI=1S/C22H29N3O6S/c1-16-10-11-21(17(2)15-16)31-14-12-23-22(26)9-6-13-24(32(4,29)30)19-7-5-8-20(18(19)3)25(27)28/h5,7-8,10-11,15H,6,9,12-14H2,1-4H3,(H,23,26). The Bertz CT molecular complexity index is 1090. The molecule has 0 radical (unpaired) electrons. The fourth-order valence-corrected chi connectivity index (χ4v) is 4.34. The Kier molecular flexibility index (Phi) is 8.59. The number of aryl methyl sites for hydroxylation is 2. The van der Waals surface area contributed by atoms with Crippen molar-refractivity contribution in [2.24, 2.45) is 0 Å². The minimum absolute atomic E-state index is 0.0350. The van der Waals surface area contributed by atoms with Crippen molar-refractivity contribution in [2.75, 3.05) is 30.3 Å². The van der Waals surface area contributed by atoms with Gasteiger partial charge in [0.15, 0.2) is 0 Å². The molecule has 2 rings (SSSR count). The summed E-state index contributed by atoms with van der Waals surface area (Å²) in [6, 6.07) is 10.2. The van der Waals surface area contributed by atoms with Gasteiger partial charge < -0.3 is 10.1 Å². The number of ether oxygens (including phenoxy) is 1. The molecular weight excluding hydrogens is 434 g/mol. The highest BCUT2D eigenvalue weighted by atomic mass is 32.2. The third-order valence-electron chi connectivity index (χ3n) is 4.92. The van der Waals surface area contributed by atoms with Gasteiger partial charge in [-0.1, -0.05) is 23.8 Å². The van der Waals surface area contributed by atoms with Gasteiger partial charge in [-0.3, -0.25) is 19.2 Å². The van der Waals surface area contributed by atoms with Crippen LogP contribution in [-0.2, 0) is 14.8 Å². The minimum Gasteiger partial charge on any atom is -0.491 e. The molecule has 32 heavy (non-hydrogen) atoms. The Morgan fingerprint density at radius 1 is 1.19 bits per heavy atom. The molecule has 0 aliphatic rings. The van der Waals surface area contributed by atoms with E-state index in [0.717, 1.165) is 27.4 Å². The van der Waals surface area contributed by atoms with Crippen molar-refractivity contribution in [3.8, 4) is 5.75 Å². The molecule has 0 aliphatic heterocycles. The third-order valence-corrected chi connectivity index (χ3v) is 6.10. The number of hydrogen-bond acceptors (Lipinski definition) is 6. The summed E-state index contributed by atoms with van der Waals surface area (Å²) in [5, 5.41) is 13.9. The minimum atomic E-state index is -3.68. The van der Waals surface area contributed by atoms with Crippen LogP contribution in [0, 0.1) is 30.9 Å². The highest BCUT2D eigenvalue weighted by Crippen LogP contribution is 2.30. The Morgan fingerprint density at radius 3 is 2.53 bits per heavy atom. The fourth-order valence-electron chi connectivity index (χ4n) is 3.33. The van der Waals surface area contributed by atoms with E-state index in [2.05, 4.69) is 5.32 Å². The zero-order valence-corrected chi connectivity index (χ0v) is 19.6. The van der Waals surface area contributed by atoms with Gasteiger partial charge >= 0.3 is 0 Å². The van der Waals surface area contributed by atoms with Gasteiger partial charge in [0.05, 0.1) is 29.0 Å². The van der Waals surface area contributed by atoms with Crippen molar-refractivity contribution >= 4 is 27.3 Å². The Hall–Kier alpha value is -3.14. The summed E-state index contributed by atoms with van der Waals surface area (Å²) >= 11 is 0. The molecular formula is C22H29N3O6S. The van der Waals surface area contributed by atoms with Crippen molar-refractivity contribution in [1.29, 1.82) is 0 Å². The molecule has 9 nitrogen and oxygen atoms in total. The first-order chi connectivity index (χ1) is 15.0. The lowest BCUT2D eigenvalue weighted by Gasteiger charge is -2.24. The summed E-state index contributed by atoms with van der Waals surface area (Å²) < 4.78 is 31.3. The number of amides is 1. The monoisotopic (exact) mass is 463 g/mol. The van der Waals surface area contributed by atoms with E-state index in [1.54, 1.807) is 0 Å². The van der Waals surface area contributed by atoms with Crippen LogP contribution in [0.15, 0.2) is 36.4 Å². The summed E-state index contributed by atoms with van der Waals surface area (Å²) in [6.45, 7) is 6.14. The molecule has 0 atom stereocenters. The number of nitro groups is 1. The number of sulfonamides is 1. The second kappa shape index (κ2) is 10.9. The number of nitrogens with one attached hydrogen (secondary N) is 1. The number of carbonyl (C=O) groups is 1. The van der Waals surface area contributed by atoms with Gasteiger partial charge in [-0.15, -0.1) is 0 Å². The molecule has 0 aromatic heterocycles. The molecule has 1 N–H and O–H groups in total. The van der Waals surface area contributed by atoms with Crippen LogP contribution in [0.25, 0.3) is 0 Å². The summed E-state index contributed by atoms with van der Waals surface area (Å²) in [6.07, 6.45) is 1.41. The molecule has 0 spiro atoms. The van der Waals surface area contributed by atoms with Crippen LogP contribution in [-0.4, -0.2) is 45.2 Å². The first-order valence-corrected chi connectivity index (χ1v) is 12.0. The van der Waals surface area contributed by atoms with Crippen molar-refractivity contribution in [3.63, 3.8) is 0 Å². The van der Waals surface area contributed by atoms with Crippen LogP contribution in [0.1, 0.15) is 29.5 Å². The number of nitrogens with zero attached hydrogens (tertiary/aromatic N) is 2. The van der Waals surface area contributed by atoms with Crippen LogP contribution >= 0.6 is 0 Å². The van der Waals surface area contributed by atoms with Crippen molar-refractivity contribution in [2.45, 2.75) is 33.6 Å². The molecule has 0 aliphatic carbocycles. The SMILES string of the molecule is Cc1ccc(OCCNC(=O)CCCN(c2cccc([N+](=O)[O-])c2C)S(C)(=O)=O)c(C)c1. The maximum absolute atomic E-state index is 12.3. The van der Waals surface area contributed by atoms with Crippen LogP contribution in [0.4, 0.5) is 11.4 Å². The van der Waals surface area contributed by atoms with Gasteiger partial charge in [-0.05, 0) is 44.9 Å². The number of benzene rings is 2. The highest BCUT2D eigenvalue weighted by molar-refractivity contribution is 7.92. The normalized spacial score (nSPS) is 11.1. The zero-order valence-electron chi connectivity index (χ0n) is 18.8. The molecule has 174 valence electrons. The maximum Gasteiger partial charge on any atom is 0.274 e. The third kappa shape index (κ3) is 6.94. The molecule has 2 aromatic carbocycles. The first kappa shape index (κ1) is 25.1. The van der Waals surface area contributed by atoms with Gasteiger partial charge in [0.1, 0.15) is 12.4 Å². The van der Waals surface area contributed by atoms with Gasteiger partial charge in [0.2, 0.25) is 15.9 Å². The van der Waals surface area contributed by atoms with E-state index in [0.29, 0.717) is 13.2 Å². The quantitative estimate of drug-likeness (QED) is 0.310. The zero-order chi connectivity index (χ0) is 23.9. The molecule has 0 saturated heterocycles. The number of carbonyl (C=O) groups excluding carboxylic acids is 1. The average molecular weight is 464 g/mol. The summed E-state index contributed by atoms with van der Waals surface area (Å²) in [5.74, 6) is 0.541. The van der Waals surface area contributed by atoms with Crippen LogP contribution in [0.3, 0.4) is 0 Å². The predicted octanol–water partition coefficient (Wildman–Crippen LogP) is 3.26. The smallest absolute Gasteiger partial charge is 0.274 e. The van der Waals surface area contributed by atoms with E-state index in [4.69, 9.17) is 4.74 Å². The lowest BCUT2D eigenvalue weighted by Crippen LogP contribution is -2.33. The first-order valence-electron chi connectivity index (χ1n) is 10.2. The largest absolute Gasteiger partial charge is 0.491 e.